The van der Waals surface area contributed by atoms with Crippen molar-refractivity contribution in [1.29, 1.82) is 0 Å². The zero-order valence-electron chi connectivity index (χ0n) is 13.7. The van der Waals surface area contributed by atoms with Crippen LogP contribution in [0.25, 0.3) is 5.65 Å². The van der Waals surface area contributed by atoms with Crippen molar-refractivity contribution in [2.75, 3.05) is 25.5 Å². The second-order valence-electron chi connectivity index (χ2n) is 6.36. The van der Waals surface area contributed by atoms with Crippen LogP contribution in [-0.4, -0.2) is 50.3 Å². The molecule has 1 saturated heterocycles. The van der Waals surface area contributed by atoms with E-state index in [0.29, 0.717) is 17.6 Å². The highest BCUT2D eigenvalue weighted by Crippen LogP contribution is 2.34. The normalized spacial score (nSPS) is 21.9. The Labute approximate surface area is 140 Å². The van der Waals surface area contributed by atoms with Crippen LogP contribution in [0.3, 0.4) is 0 Å². The molecule has 0 bridgehead atoms. The van der Waals surface area contributed by atoms with E-state index >= 15 is 0 Å². The first kappa shape index (κ1) is 15.0. The summed E-state index contributed by atoms with van der Waals surface area (Å²) in [5.41, 5.74) is 2.04. The van der Waals surface area contributed by atoms with Gasteiger partial charge in [0.25, 0.3) is 0 Å². The number of fused-ring (bicyclic) bond motifs is 1. The van der Waals surface area contributed by atoms with E-state index in [9.17, 15) is 0 Å². The minimum absolute atomic E-state index is 0.434. The maximum Gasteiger partial charge on any atom is 0.200 e. The Kier molecular flexibility index (Phi) is 4.08. The average molecular weight is 323 g/mol. The van der Waals surface area contributed by atoms with Crippen molar-refractivity contribution in [3.63, 3.8) is 0 Å². The highest BCUT2D eigenvalue weighted by atomic mass is 15.6. The monoisotopic (exact) mass is 323 g/mol. The second kappa shape index (κ2) is 6.52. The van der Waals surface area contributed by atoms with Crippen LogP contribution in [0, 0.1) is 5.92 Å². The SMILES string of the molecule is CN1CCC[C@H](CNc2ccc3nnnn3n2)[C@@H]1c1ccccc1. The van der Waals surface area contributed by atoms with E-state index in [1.807, 2.05) is 12.1 Å². The number of nitrogens with one attached hydrogen (secondary N) is 1. The van der Waals surface area contributed by atoms with E-state index in [0.717, 1.165) is 18.9 Å². The lowest BCUT2D eigenvalue weighted by Gasteiger charge is -2.39. The molecule has 0 spiro atoms. The number of anilines is 1. The van der Waals surface area contributed by atoms with Gasteiger partial charge in [0, 0.05) is 12.6 Å². The van der Waals surface area contributed by atoms with Gasteiger partial charge in [-0.2, -0.15) is 0 Å². The van der Waals surface area contributed by atoms with E-state index in [2.05, 4.69) is 68.2 Å². The Balaban J connectivity index is 1.50. The molecule has 0 amide bonds. The number of rotatable bonds is 4. The van der Waals surface area contributed by atoms with Gasteiger partial charge in [0.05, 0.1) is 0 Å². The van der Waals surface area contributed by atoms with E-state index in [4.69, 9.17) is 0 Å². The minimum Gasteiger partial charge on any atom is -0.368 e. The van der Waals surface area contributed by atoms with Gasteiger partial charge >= 0.3 is 0 Å². The summed E-state index contributed by atoms with van der Waals surface area (Å²) < 4.78 is 1.45. The summed E-state index contributed by atoms with van der Waals surface area (Å²) in [4.78, 5) is 2.46. The van der Waals surface area contributed by atoms with Crippen LogP contribution in [0.4, 0.5) is 5.82 Å². The van der Waals surface area contributed by atoms with Gasteiger partial charge in [0.15, 0.2) is 5.65 Å². The van der Waals surface area contributed by atoms with Gasteiger partial charge in [-0.3, -0.25) is 4.90 Å². The molecule has 7 nitrogen and oxygen atoms in total. The smallest absolute Gasteiger partial charge is 0.200 e. The van der Waals surface area contributed by atoms with E-state index in [1.54, 1.807) is 0 Å². The van der Waals surface area contributed by atoms with Crippen molar-refractivity contribution < 1.29 is 0 Å². The molecule has 0 saturated carbocycles. The van der Waals surface area contributed by atoms with Gasteiger partial charge < -0.3 is 5.32 Å². The first-order chi connectivity index (χ1) is 11.8. The molecule has 1 fully saturated rings. The molecular weight excluding hydrogens is 302 g/mol. The number of nitrogens with zero attached hydrogens (tertiary/aromatic N) is 6. The maximum atomic E-state index is 4.39. The van der Waals surface area contributed by atoms with Gasteiger partial charge in [-0.1, -0.05) is 30.3 Å². The molecule has 1 aromatic carbocycles. The molecule has 24 heavy (non-hydrogen) atoms. The molecule has 0 aliphatic carbocycles. The van der Waals surface area contributed by atoms with Crippen molar-refractivity contribution in [3.05, 3.63) is 48.0 Å². The Morgan fingerprint density at radius 2 is 2.04 bits per heavy atom. The summed E-state index contributed by atoms with van der Waals surface area (Å²) in [7, 11) is 2.22. The molecule has 1 N–H and O–H groups in total. The quantitative estimate of drug-likeness (QED) is 0.792. The first-order valence-corrected chi connectivity index (χ1v) is 8.36. The lowest BCUT2D eigenvalue weighted by atomic mass is 9.85. The van der Waals surface area contributed by atoms with Gasteiger partial charge in [-0.15, -0.1) is 14.8 Å². The van der Waals surface area contributed by atoms with E-state index in [1.165, 1.54) is 23.0 Å². The second-order valence-corrected chi connectivity index (χ2v) is 6.36. The number of hydrogen-bond donors (Lipinski definition) is 1. The fourth-order valence-corrected chi connectivity index (χ4v) is 3.63. The number of benzene rings is 1. The van der Waals surface area contributed by atoms with Crippen LogP contribution in [0.2, 0.25) is 0 Å². The van der Waals surface area contributed by atoms with Crippen LogP contribution in [-0.2, 0) is 0 Å². The third kappa shape index (κ3) is 2.94. The number of aromatic nitrogens is 5. The van der Waals surface area contributed by atoms with Crippen molar-refractivity contribution in [2.24, 2.45) is 5.92 Å². The third-order valence-electron chi connectivity index (χ3n) is 4.76. The minimum atomic E-state index is 0.434. The third-order valence-corrected chi connectivity index (χ3v) is 4.76. The predicted octanol–water partition coefficient (Wildman–Crippen LogP) is 2.01. The Morgan fingerprint density at radius 3 is 2.92 bits per heavy atom. The van der Waals surface area contributed by atoms with Gasteiger partial charge in [-0.25, -0.2) is 0 Å². The molecule has 2 aromatic heterocycles. The molecular formula is C17H21N7. The number of likely N-dealkylation sites (tertiary alicyclic amines) is 1. The molecule has 3 heterocycles. The van der Waals surface area contributed by atoms with E-state index in [-0.39, 0.29) is 0 Å². The molecule has 0 radical (unpaired) electrons. The predicted molar refractivity (Wildman–Crippen MR) is 91.6 cm³/mol. The molecule has 2 atom stereocenters. The summed E-state index contributed by atoms with van der Waals surface area (Å²) in [6, 6.07) is 15.0. The Morgan fingerprint density at radius 1 is 1.17 bits per heavy atom. The highest BCUT2D eigenvalue weighted by molar-refractivity contribution is 5.42. The van der Waals surface area contributed by atoms with Crippen LogP contribution in [0.1, 0.15) is 24.4 Å². The largest absolute Gasteiger partial charge is 0.368 e. The zero-order chi connectivity index (χ0) is 16.4. The Bertz CT molecular complexity index is 801. The number of hydrogen-bond acceptors (Lipinski definition) is 6. The topological polar surface area (TPSA) is 71.2 Å². The lowest BCUT2D eigenvalue weighted by Crippen LogP contribution is -2.39. The van der Waals surface area contributed by atoms with Crippen LogP contribution in [0.5, 0.6) is 0 Å². The maximum absolute atomic E-state index is 4.39. The summed E-state index contributed by atoms with van der Waals surface area (Å²) >= 11 is 0. The fraction of sp³-hybridized carbons (Fsp3) is 0.412. The molecule has 3 aromatic rings. The standard InChI is InChI=1S/C17H21N7/c1-23-11-5-8-14(17(23)13-6-3-2-4-7-13)12-18-15-9-10-16-19-21-22-24(16)20-15/h2-4,6-7,9-10,14,17H,5,8,11-12H2,1H3,(H,18,20)/t14-,17+/m1/s1. The average Bonchev–Trinajstić information content (AvgIpc) is 3.08. The molecule has 1 aliphatic rings. The molecule has 1 aliphatic heterocycles. The van der Waals surface area contributed by atoms with Crippen molar-refractivity contribution in [3.8, 4) is 0 Å². The first-order valence-electron chi connectivity index (χ1n) is 8.36. The summed E-state index contributed by atoms with van der Waals surface area (Å²) in [5, 5.41) is 19.2. The van der Waals surface area contributed by atoms with Gasteiger partial charge in [0.1, 0.15) is 5.82 Å². The van der Waals surface area contributed by atoms with E-state index < -0.39 is 0 Å². The van der Waals surface area contributed by atoms with Crippen molar-refractivity contribution in [2.45, 2.75) is 18.9 Å². The van der Waals surface area contributed by atoms with Crippen molar-refractivity contribution in [1.82, 2.24) is 30.2 Å². The van der Waals surface area contributed by atoms with Gasteiger partial charge in [-0.05, 0) is 60.5 Å². The summed E-state index contributed by atoms with van der Waals surface area (Å²) in [5.74, 6) is 1.34. The molecule has 4 rings (SSSR count). The zero-order valence-corrected chi connectivity index (χ0v) is 13.7. The van der Waals surface area contributed by atoms with Crippen LogP contribution >= 0.6 is 0 Å². The molecule has 124 valence electrons. The fourth-order valence-electron chi connectivity index (χ4n) is 3.63. The molecule has 0 unspecified atom stereocenters. The van der Waals surface area contributed by atoms with Crippen LogP contribution < -0.4 is 5.32 Å². The van der Waals surface area contributed by atoms with Crippen molar-refractivity contribution >= 4 is 11.5 Å². The Hall–Kier alpha value is -2.54. The lowest BCUT2D eigenvalue weighted by molar-refractivity contribution is 0.128. The number of piperidine rings is 1. The number of tetrazole rings is 1. The van der Waals surface area contributed by atoms with Crippen LogP contribution in [0.15, 0.2) is 42.5 Å². The molecule has 7 heteroatoms. The summed E-state index contributed by atoms with van der Waals surface area (Å²) in [6.07, 6.45) is 2.44. The van der Waals surface area contributed by atoms with Gasteiger partial charge in [0.2, 0.25) is 0 Å². The summed E-state index contributed by atoms with van der Waals surface area (Å²) in [6.45, 7) is 2.02. The highest BCUT2D eigenvalue weighted by Gasteiger charge is 2.30.